The second kappa shape index (κ2) is 6.34. The summed E-state index contributed by atoms with van der Waals surface area (Å²) in [5.74, 6) is -1.70. The van der Waals surface area contributed by atoms with Gasteiger partial charge in [0.25, 0.3) is 0 Å². The summed E-state index contributed by atoms with van der Waals surface area (Å²) in [4.78, 5) is 25.6. The SMILES string of the molecule is CC(O)[C@H]1C(=O)N2C(C(=O)O)=C(CSc3nnnn3C)SS[C@H]12. The largest absolute Gasteiger partial charge is 0.477 e. The van der Waals surface area contributed by atoms with Gasteiger partial charge in [-0.15, -0.1) is 5.10 Å². The third kappa shape index (κ3) is 2.84. The van der Waals surface area contributed by atoms with Crippen molar-refractivity contribution in [2.45, 2.75) is 23.6 Å². The molecule has 2 N–H and O–H groups in total. The average Bonchev–Trinajstić information content (AvgIpc) is 2.88. The van der Waals surface area contributed by atoms with Crippen LogP contribution in [0.4, 0.5) is 0 Å². The number of aryl methyl sites for hydroxylation is 1. The molecule has 23 heavy (non-hydrogen) atoms. The van der Waals surface area contributed by atoms with Crippen LogP contribution in [0.2, 0.25) is 0 Å². The van der Waals surface area contributed by atoms with Gasteiger partial charge in [0, 0.05) is 17.7 Å². The van der Waals surface area contributed by atoms with Crippen LogP contribution in [0.15, 0.2) is 15.8 Å². The van der Waals surface area contributed by atoms with E-state index in [9.17, 15) is 19.8 Å². The van der Waals surface area contributed by atoms with Crippen molar-refractivity contribution in [2.75, 3.05) is 5.75 Å². The fourth-order valence-electron chi connectivity index (χ4n) is 2.34. The molecule has 1 aromatic rings. The van der Waals surface area contributed by atoms with Crippen molar-refractivity contribution >= 4 is 45.2 Å². The second-order valence-corrected chi connectivity index (χ2v) is 8.35. The van der Waals surface area contributed by atoms with Gasteiger partial charge in [-0.05, 0) is 17.4 Å². The zero-order chi connectivity index (χ0) is 16.7. The van der Waals surface area contributed by atoms with Gasteiger partial charge in [0.15, 0.2) is 0 Å². The molecule has 3 atom stereocenters. The fraction of sp³-hybridized carbons (Fsp3) is 0.545. The van der Waals surface area contributed by atoms with Gasteiger partial charge in [0.2, 0.25) is 11.1 Å². The predicted octanol–water partition coefficient (Wildman–Crippen LogP) is 0.159. The Morgan fingerprint density at radius 3 is 2.83 bits per heavy atom. The molecule has 12 heteroatoms. The molecule has 124 valence electrons. The van der Waals surface area contributed by atoms with Gasteiger partial charge in [-0.3, -0.25) is 9.69 Å². The first-order chi connectivity index (χ1) is 10.9. The number of hydrogen-bond acceptors (Lipinski definition) is 9. The van der Waals surface area contributed by atoms with E-state index < -0.39 is 18.0 Å². The van der Waals surface area contributed by atoms with Crippen molar-refractivity contribution in [3.05, 3.63) is 10.6 Å². The molecule has 1 saturated heterocycles. The number of nitrogens with zero attached hydrogens (tertiary/aromatic N) is 5. The smallest absolute Gasteiger partial charge is 0.353 e. The molecule has 3 heterocycles. The minimum atomic E-state index is -1.15. The highest BCUT2D eigenvalue weighted by Gasteiger charge is 2.55. The highest BCUT2D eigenvalue weighted by molar-refractivity contribution is 8.78. The molecule has 0 aliphatic carbocycles. The van der Waals surface area contributed by atoms with E-state index in [1.165, 1.54) is 42.9 Å². The van der Waals surface area contributed by atoms with Gasteiger partial charge in [0.1, 0.15) is 11.1 Å². The quantitative estimate of drug-likeness (QED) is 0.418. The van der Waals surface area contributed by atoms with E-state index in [-0.39, 0.29) is 17.0 Å². The molecule has 2 aliphatic heterocycles. The number of amides is 1. The Morgan fingerprint density at radius 2 is 2.26 bits per heavy atom. The first kappa shape index (κ1) is 16.6. The molecule has 0 spiro atoms. The van der Waals surface area contributed by atoms with Gasteiger partial charge in [0.05, 0.1) is 12.0 Å². The van der Waals surface area contributed by atoms with Gasteiger partial charge >= 0.3 is 5.97 Å². The lowest BCUT2D eigenvalue weighted by Crippen LogP contribution is -2.63. The van der Waals surface area contributed by atoms with Crippen molar-refractivity contribution < 1.29 is 19.8 Å². The van der Waals surface area contributed by atoms with Crippen LogP contribution in [-0.4, -0.2) is 64.4 Å². The summed E-state index contributed by atoms with van der Waals surface area (Å²) in [5.41, 5.74) is -0.0109. The van der Waals surface area contributed by atoms with Crippen LogP contribution in [-0.2, 0) is 16.6 Å². The van der Waals surface area contributed by atoms with Gasteiger partial charge in [-0.2, -0.15) is 0 Å². The summed E-state index contributed by atoms with van der Waals surface area (Å²) in [6.45, 7) is 1.54. The van der Waals surface area contributed by atoms with E-state index in [0.29, 0.717) is 15.8 Å². The monoisotopic (exact) mass is 375 g/mol. The highest BCUT2D eigenvalue weighted by Crippen LogP contribution is 2.53. The number of aliphatic hydroxyl groups excluding tert-OH is 1. The first-order valence-electron chi connectivity index (χ1n) is 6.58. The van der Waals surface area contributed by atoms with Crippen LogP contribution < -0.4 is 0 Å². The minimum absolute atomic E-state index is 0.0109. The lowest BCUT2D eigenvalue weighted by atomic mass is 9.92. The zero-order valence-corrected chi connectivity index (χ0v) is 14.6. The standard InChI is InChI=1S/C11H13N5O4S3/c1-4(17)6-8(18)16-7(10(19)20)5(22-23-9(6)16)3-21-11-12-13-14-15(11)2/h4,6,9,17H,3H2,1-2H3,(H,19,20)/t4?,6-,9+/m0/s1. The van der Waals surface area contributed by atoms with Crippen LogP contribution in [0, 0.1) is 5.92 Å². The molecular weight excluding hydrogens is 362 g/mol. The van der Waals surface area contributed by atoms with Crippen LogP contribution in [0.5, 0.6) is 0 Å². The Balaban J connectivity index is 1.82. The number of hydrogen-bond donors (Lipinski definition) is 2. The molecule has 1 fully saturated rings. The molecule has 1 aromatic heterocycles. The third-order valence-corrected chi connectivity index (χ3v) is 7.51. The number of carbonyl (C=O) groups excluding carboxylic acids is 1. The minimum Gasteiger partial charge on any atom is -0.477 e. The molecule has 0 aromatic carbocycles. The number of carbonyl (C=O) groups is 2. The number of tetrazole rings is 1. The Kier molecular flexibility index (Phi) is 4.58. The fourth-order valence-corrected chi connectivity index (χ4v) is 6.59. The zero-order valence-electron chi connectivity index (χ0n) is 12.1. The van der Waals surface area contributed by atoms with E-state index in [2.05, 4.69) is 15.5 Å². The van der Waals surface area contributed by atoms with Gasteiger partial charge < -0.3 is 10.2 Å². The Hall–Kier alpha value is -1.24. The maximum absolute atomic E-state index is 12.2. The third-order valence-electron chi connectivity index (χ3n) is 3.47. The summed E-state index contributed by atoms with van der Waals surface area (Å²) >= 11 is 1.30. The van der Waals surface area contributed by atoms with Crippen LogP contribution in [0.1, 0.15) is 6.92 Å². The summed E-state index contributed by atoms with van der Waals surface area (Å²) in [5, 5.41) is 30.5. The average molecular weight is 375 g/mol. The number of aliphatic carboxylic acids is 1. The molecular formula is C11H13N5O4S3. The van der Waals surface area contributed by atoms with Crippen molar-refractivity contribution in [1.82, 2.24) is 25.1 Å². The van der Waals surface area contributed by atoms with Crippen molar-refractivity contribution in [2.24, 2.45) is 13.0 Å². The molecule has 0 radical (unpaired) electrons. The maximum atomic E-state index is 12.2. The van der Waals surface area contributed by atoms with Gasteiger partial charge in [-0.25, -0.2) is 9.48 Å². The maximum Gasteiger partial charge on any atom is 0.353 e. The van der Waals surface area contributed by atoms with E-state index in [1.54, 1.807) is 14.0 Å². The Labute approximate surface area is 143 Å². The molecule has 0 bridgehead atoms. The number of aromatic nitrogens is 4. The highest BCUT2D eigenvalue weighted by atomic mass is 33.1. The van der Waals surface area contributed by atoms with E-state index in [4.69, 9.17) is 0 Å². The molecule has 1 unspecified atom stereocenters. The number of thioether (sulfide) groups is 1. The first-order valence-corrected chi connectivity index (χ1v) is 9.77. The van der Waals surface area contributed by atoms with Gasteiger partial charge in [-0.1, -0.05) is 33.3 Å². The molecule has 1 amide bonds. The Morgan fingerprint density at radius 1 is 1.52 bits per heavy atom. The summed E-state index contributed by atoms with van der Waals surface area (Å²) in [6, 6.07) is 0. The van der Waals surface area contributed by atoms with E-state index >= 15 is 0 Å². The summed E-state index contributed by atoms with van der Waals surface area (Å²) in [7, 11) is 4.41. The second-order valence-electron chi connectivity index (χ2n) is 5.00. The molecule has 9 nitrogen and oxygen atoms in total. The van der Waals surface area contributed by atoms with Crippen molar-refractivity contribution in [3.8, 4) is 0 Å². The van der Waals surface area contributed by atoms with Crippen LogP contribution in [0.3, 0.4) is 0 Å². The number of aliphatic hydroxyl groups is 1. The lowest BCUT2D eigenvalue weighted by Gasteiger charge is -2.49. The van der Waals surface area contributed by atoms with Crippen molar-refractivity contribution in [3.63, 3.8) is 0 Å². The number of rotatable bonds is 5. The number of β-lactam (4-membered cyclic amide) rings is 1. The number of fused-ring (bicyclic) bond motifs is 1. The van der Waals surface area contributed by atoms with Crippen LogP contribution >= 0.6 is 33.3 Å². The van der Waals surface area contributed by atoms with E-state index in [1.807, 2.05) is 0 Å². The van der Waals surface area contributed by atoms with E-state index in [0.717, 1.165) is 0 Å². The topological polar surface area (TPSA) is 121 Å². The molecule has 3 rings (SSSR count). The van der Waals surface area contributed by atoms with Crippen molar-refractivity contribution in [1.29, 1.82) is 0 Å². The Bertz CT molecular complexity index is 691. The number of carboxylic acids is 1. The number of carboxylic acid groups (broad SMARTS) is 1. The molecule has 2 aliphatic rings. The molecule has 0 saturated carbocycles. The van der Waals surface area contributed by atoms with Crippen LogP contribution in [0.25, 0.3) is 0 Å². The lowest BCUT2D eigenvalue weighted by molar-refractivity contribution is -0.157. The normalized spacial score (nSPS) is 25.2. The summed E-state index contributed by atoms with van der Waals surface area (Å²) in [6.07, 6.45) is -0.799. The summed E-state index contributed by atoms with van der Waals surface area (Å²) < 4.78 is 1.49. The predicted molar refractivity (Wildman–Crippen MR) is 85.2 cm³/mol.